The summed E-state index contributed by atoms with van der Waals surface area (Å²) in [6.45, 7) is 0. The van der Waals surface area contributed by atoms with Gasteiger partial charge in [0, 0.05) is 4.88 Å². The van der Waals surface area contributed by atoms with Gasteiger partial charge in [-0.3, -0.25) is 0 Å². The Morgan fingerprint density at radius 3 is 2.43 bits per heavy atom. The first-order chi connectivity index (χ1) is 6.81. The van der Waals surface area contributed by atoms with Crippen LogP contribution in [0.4, 0.5) is 0 Å². The van der Waals surface area contributed by atoms with Crippen LogP contribution in [0.1, 0.15) is 4.88 Å². The molecule has 1 aromatic carbocycles. The minimum atomic E-state index is 0.525. The Balaban J connectivity index is 2.46. The summed E-state index contributed by atoms with van der Waals surface area (Å²) in [5.41, 5.74) is 1.15. The van der Waals surface area contributed by atoms with Crippen molar-refractivity contribution in [2.45, 2.75) is 5.88 Å². The zero-order valence-corrected chi connectivity index (χ0v) is 9.66. The Morgan fingerprint density at radius 1 is 1.14 bits per heavy atom. The molecule has 14 heavy (non-hydrogen) atoms. The van der Waals surface area contributed by atoms with Gasteiger partial charge < -0.3 is 0 Å². The van der Waals surface area contributed by atoms with Gasteiger partial charge in [-0.15, -0.1) is 22.9 Å². The fourth-order valence-electron chi connectivity index (χ4n) is 1.27. The van der Waals surface area contributed by atoms with Crippen LogP contribution in [0.15, 0.2) is 36.4 Å². The summed E-state index contributed by atoms with van der Waals surface area (Å²) in [4.78, 5) is 2.21. The Labute approximate surface area is 97.1 Å². The molecule has 2 rings (SSSR count). The minimum Gasteiger partial charge on any atom is -0.137 e. The fourth-order valence-corrected chi connectivity index (χ4v) is 2.83. The van der Waals surface area contributed by atoms with Crippen LogP contribution in [-0.2, 0) is 5.88 Å². The Kier molecular flexibility index (Phi) is 3.12. The summed E-state index contributed by atoms with van der Waals surface area (Å²) in [6, 6.07) is 12.0. The van der Waals surface area contributed by atoms with E-state index in [9.17, 15) is 0 Å². The molecule has 2 aromatic rings. The lowest BCUT2D eigenvalue weighted by Gasteiger charge is -1.96. The van der Waals surface area contributed by atoms with Crippen molar-refractivity contribution in [3.8, 4) is 10.4 Å². The number of thiophene rings is 1. The molecule has 0 aliphatic rings. The summed E-state index contributed by atoms with van der Waals surface area (Å²) >= 11 is 13.5. The minimum absolute atomic E-state index is 0.525. The van der Waals surface area contributed by atoms with Crippen LogP contribution in [0.5, 0.6) is 0 Å². The summed E-state index contributed by atoms with van der Waals surface area (Å²) in [6.07, 6.45) is 0. The highest BCUT2D eigenvalue weighted by Gasteiger charge is 2.07. The third-order valence-corrected chi connectivity index (χ3v) is 3.95. The maximum absolute atomic E-state index is 6.11. The zero-order valence-electron chi connectivity index (χ0n) is 7.34. The summed E-state index contributed by atoms with van der Waals surface area (Å²) in [5.74, 6) is 0.525. The van der Waals surface area contributed by atoms with Gasteiger partial charge in [-0.25, -0.2) is 0 Å². The molecular formula is C11H8Cl2S. The summed E-state index contributed by atoms with van der Waals surface area (Å²) < 4.78 is 0. The van der Waals surface area contributed by atoms with Crippen molar-refractivity contribution in [1.82, 2.24) is 0 Å². The summed E-state index contributed by atoms with van der Waals surface area (Å²) in [7, 11) is 0. The quantitative estimate of drug-likeness (QED) is 0.664. The maximum Gasteiger partial charge on any atom is 0.0595 e. The van der Waals surface area contributed by atoms with Gasteiger partial charge in [-0.2, -0.15) is 0 Å². The molecule has 0 saturated carbocycles. The van der Waals surface area contributed by atoms with Gasteiger partial charge in [0.05, 0.1) is 15.8 Å². The van der Waals surface area contributed by atoms with Crippen molar-refractivity contribution >= 4 is 34.5 Å². The van der Waals surface area contributed by atoms with E-state index in [0.29, 0.717) is 5.88 Å². The van der Waals surface area contributed by atoms with Gasteiger partial charge >= 0.3 is 0 Å². The molecule has 1 heterocycles. The lowest BCUT2D eigenvalue weighted by atomic mass is 10.2. The van der Waals surface area contributed by atoms with E-state index < -0.39 is 0 Å². The fraction of sp³-hybridized carbons (Fsp3) is 0.0909. The molecule has 0 bridgehead atoms. The molecular weight excluding hydrogens is 235 g/mol. The molecule has 0 radical (unpaired) electrons. The van der Waals surface area contributed by atoms with Crippen molar-refractivity contribution in [3.05, 3.63) is 46.3 Å². The lowest BCUT2D eigenvalue weighted by Crippen LogP contribution is -1.69. The second-order valence-electron chi connectivity index (χ2n) is 2.89. The van der Waals surface area contributed by atoms with Gasteiger partial charge in [0.2, 0.25) is 0 Å². The number of alkyl halides is 1. The number of hydrogen-bond donors (Lipinski definition) is 0. The Morgan fingerprint density at radius 2 is 1.86 bits per heavy atom. The number of benzene rings is 1. The van der Waals surface area contributed by atoms with Crippen LogP contribution in [0.2, 0.25) is 5.02 Å². The highest BCUT2D eigenvalue weighted by molar-refractivity contribution is 7.16. The SMILES string of the molecule is ClCc1cc(Cl)c(-c2ccccc2)s1. The molecule has 0 N–H and O–H groups in total. The molecule has 1 aromatic heterocycles. The first-order valence-electron chi connectivity index (χ1n) is 4.21. The molecule has 72 valence electrons. The van der Waals surface area contributed by atoms with Crippen LogP contribution in [-0.4, -0.2) is 0 Å². The molecule has 3 heteroatoms. The van der Waals surface area contributed by atoms with Gasteiger partial charge in [0.15, 0.2) is 0 Å². The van der Waals surface area contributed by atoms with E-state index in [-0.39, 0.29) is 0 Å². The molecule has 0 aliphatic heterocycles. The largest absolute Gasteiger partial charge is 0.137 e. The van der Waals surface area contributed by atoms with E-state index >= 15 is 0 Å². The Bertz CT molecular complexity index is 420. The number of halogens is 2. The smallest absolute Gasteiger partial charge is 0.0595 e. The first-order valence-corrected chi connectivity index (χ1v) is 5.94. The third kappa shape index (κ3) is 1.95. The van der Waals surface area contributed by atoms with E-state index in [1.54, 1.807) is 11.3 Å². The average Bonchev–Trinajstić information content (AvgIpc) is 2.61. The highest BCUT2D eigenvalue weighted by Crippen LogP contribution is 2.36. The second-order valence-corrected chi connectivity index (χ2v) is 4.70. The molecule has 0 spiro atoms. The van der Waals surface area contributed by atoms with Crippen LogP contribution >= 0.6 is 34.5 Å². The first kappa shape index (κ1) is 10.0. The van der Waals surface area contributed by atoms with Crippen LogP contribution in [0.3, 0.4) is 0 Å². The Hall–Kier alpha value is -0.500. The second kappa shape index (κ2) is 4.35. The molecule has 0 unspecified atom stereocenters. The normalized spacial score (nSPS) is 10.4. The maximum atomic E-state index is 6.11. The topological polar surface area (TPSA) is 0 Å². The number of hydrogen-bond acceptors (Lipinski definition) is 1. The van der Waals surface area contributed by atoms with Crippen molar-refractivity contribution in [2.75, 3.05) is 0 Å². The van der Waals surface area contributed by atoms with E-state index in [1.807, 2.05) is 24.3 Å². The van der Waals surface area contributed by atoms with Gasteiger partial charge in [-0.05, 0) is 11.6 Å². The van der Waals surface area contributed by atoms with Gasteiger partial charge in [-0.1, -0.05) is 41.9 Å². The van der Waals surface area contributed by atoms with E-state index in [1.165, 1.54) is 0 Å². The van der Waals surface area contributed by atoms with Crippen LogP contribution in [0.25, 0.3) is 10.4 Å². The monoisotopic (exact) mass is 242 g/mol. The molecule has 0 saturated heterocycles. The third-order valence-electron chi connectivity index (χ3n) is 1.91. The standard InChI is InChI=1S/C11H8Cl2S/c12-7-9-6-10(13)11(14-9)8-4-2-1-3-5-8/h1-6H,7H2. The van der Waals surface area contributed by atoms with Crippen molar-refractivity contribution in [3.63, 3.8) is 0 Å². The number of rotatable bonds is 2. The van der Waals surface area contributed by atoms with Crippen LogP contribution in [0, 0.1) is 0 Å². The average molecular weight is 243 g/mol. The molecule has 0 fully saturated rings. The highest BCUT2D eigenvalue weighted by atomic mass is 35.5. The van der Waals surface area contributed by atoms with E-state index in [0.717, 1.165) is 20.3 Å². The van der Waals surface area contributed by atoms with Gasteiger partial charge in [0.1, 0.15) is 0 Å². The lowest BCUT2D eigenvalue weighted by molar-refractivity contribution is 1.53. The van der Waals surface area contributed by atoms with Crippen LogP contribution < -0.4 is 0 Å². The van der Waals surface area contributed by atoms with E-state index in [2.05, 4.69) is 12.1 Å². The van der Waals surface area contributed by atoms with E-state index in [4.69, 9.17) is 23.2 Å². The molecule has 0 nitrogen and oxygen atoms in total. The van der Waals surface area contributed by atoms with Crippen molar-refractivity contribution < 1.29 is 0 Å². The zero-order chi connectivity index (χ0) is 9.97. The molecule has 0 atom stereocenters. The predicted molar refractivity (Wildman–Crippen MR) is 64.3 cm³/mol. The molecule has 0 aliphatic carbocycles. The summed E-state index contributed by atoms with van der Waals surface area (Å²) in [5, 5.41) is 0.789. The van der Waals surface area contributed by atoms with Gasteiger partial charge in [0.25, 0.3) is 0 Å². The predicted octanol–water partition coefficient (Wildman–Crippen LogP) is 4.81. The molecule has 0 amide bonds. The van der Waals surface area contributed by atoms with Crippen molar-refractivity contribution in [1.29, 1.82) is 0 Å². The van der Waals surface area contributed by atoms with Crippen molar-refractivity contribution in [2.24, 2.45) is 0 Å².